The fraction of sp³-hybridized carbons (Fsp3) is 0.190. The van der Waals surface area contributed by atoms with Gasteiger partial charge in [-0.3, -0.25) is 14.2 Å². The molecule has 3 heterocycles. The van der Waals surface area contributed by atoms with Crippen molar-refractivity contribution in [3.63, 3.8) is 0 Å². The Balaban J connectivity index is 1.59. The summed E-state index contributed by atoms with van der Waals surface area (Å²) in [5, 5.41) is 0.700. The summed E-state index contributed by atoms with van der Waals surface area (Å²) in [5.74, 6) is -0.0148. The molecule has 0 spiro atoms. The molecule has 0 N–H and O–H groups in total. The Morgan fingerprint density at radius 2 is 2.11 bits per heavy atom. The Labute approximate surface area is 160 Å². The molecule has 1 amide bonds. The van der Waals surface area contributed by atoms with Gasteiger partial charge in [-0.15, -0.1) is 17.9 Å². The Morgan fingerprint density at radius 1 is 1.30 bits per heavy atom. The highest BCUT2D eigenvalue weighted by Gasteiger charge is 2.25. The molecule has 0 unspecified atom stereocenters. The molecule has 0 bridgehead atoms. The van der Waals surface area contributed by atoms with E-state index in [0.29, 0.717) is 31.4 Å². The number of allylic oxidation sites excluding steroid dienone is 1. The van der Waals surface area contributed by atoms with Crippen molar-refractivity contribution in [3.05, 3.63) is 81.7 Å². The van der Waals surface area contributed by atoms with Gasteiger partial charge in [-0.05, 0) is 23.6 Å². The molecular formula is C21H19N3O2S. The van der Waals surface area contributed by atoms with Gasteiger partial charge in [0.1, 0.15) is 4.83 Å². The third-order valence-electron chi connectivity index (χ3n) is 4.68. The fourth-order valence-corrected chi connectivity index (χ4v) is 4.51. The number of carbonyl (C=O) groups is 1. The van der Waals surface area contributed by atoms with E-state index in [-0.39, 0.29) is 11.5 Å². The number of fused-ring (bicyclic) bond motifs is 3. The summed E-state index contributed by atoms with van der Waals surface area (Å²) >= 11 is 1.51. The van der Waals surface area contributed by atoms with E-state index in [9.17, 15) is 9.59 Å². The number of benzene rings is 1. The number of hydrogen-bond donors (Lipinski definition) is 0. The van der Waals surface area contributed by atoms with Crippen LogP contribution in [-0.2, 0) is 24.3 Å². The van der Waals surface area contributed by atoms with E-state index in [1.54, 1.807) is 23.0 Å². The summed E-state index contributed by atoms with van der Waals surface area (Å²) in [4.78, 5) is 33.3. The van der Waals surface area contributed by atoms with Gasteiger partial charge < -0.3 is 4.90 Å². The quantitative estimate of drug-likeness (QED) is 0.518. The molecule has 0 fully saturated rings. The number of carbonyl (C=O) groups excluding carboxylic acids is 1. The van der Waals surface area contributed by atoms with Crippen LogP contribution in [0.3, 0.4) is 0 Å². The highest BCUT2D eigenvalue weighted by molar-refractivity contribution is 7.18. The van der Waals surface area contributed by atoms with Crippen molar-refractivity contribution in [2.45, 2.75) is 19.5 Å². The molecular weight excluding hydrogens is 358 g/mol. The van der Waals surface area contributed by atoms with E-state index < -0.39 is 0 Å². The second kappa shape index (κ2) is 7.32. The summed E-state index contributed by atoms with van der Waals surface area (Å²) < 4.78 is 1.57. The summed E-state index contributed by atoms with van der Waals surface area (Å²) in [6.45, 7) is 5.26. The normalized spacial score (nSPS) is 13.9. The maximum atomic E-state index is 12.7. The van der Waals surface area contributed by atoms with Crippen LogP contribution in [0.15, 0.2) is 60.2 Å². The van der Waals surface area contributed by atoms with Gasteiger partial charge in [-0.25, -0.2) is 4.98 Å². The lowest BCUT2D eigenvalue weighted by Gasteiger charge is -2.25. The monoisotopic (exact) mass is 377 g/mol. The van der Waals surface area contributed by atoms with Crippen LogP contribution in [0.2, 0.25) is 0 Å². The Bertz CT molecular complexity index is 1100. The van der Waals surface area contributed by atoms with Crippen LogP contribution in [0, 0.1) is 0 Å². The van der Waals surface area contributed by atoms with E-state index in [1.165, 1.54) is 11.3 Å². The van der Waals surface area contributed by atoms with Gasteiger partial charge in [0.2, 0.25) is 5.91 Å². The van der Waals surface area contributed by atoms with Crippen molar-refractivity contribution < 1.29 is 4.79 Å². The highest BCUT2D eigenvalue weighted by Crippen LogP contribution is 2.32. The Kier molecular flexibility index (Phi) is 4.73. The zero-order valence-electron chi connectivity index (χ0n) is 14.8. The molecule has 136 valence electrons. The van der Waals surface area contributed by atoms with E-state index in [1.807, 2.05) is 41.3 Å². The minimum atomic E-state index is -0.0267. The maximum absolute atomic E-state index is 12.7. The van der Waals surface area contributed by atoms with Gasteiger partial charge in [0.15, 0.2) is 0 Å². The molecule has 1 aliphatic rings. The first kappa shape index (κ1) is 17.4. The molecule has 5 nitrogen and oxygen atoms in total. The molecule has 0 aliphatic carbocycles. The fourth-order valence-electron chi connectivity index (χ4n) is 3.31. The average Bonchev–Trinajstić information content (AvgIpc) is 3.07. The zero-order chi connectivity index (χ0) is 18.8. The lowest BCUT2D eigenvalue weighted by Crippen LogP contribution is -2.34. The molecule has 1 aliphatic heterocycles. The van der Waals surface area contributed by atoms with Gasteiger partial charge in [-0.1, -0.05) is 36.4 Å². The lowest BCUT2D eigenvalue weighted by atomic mass is 10.1. The van der Waals surface area contributed by atoms with Gasteiger partial charge in [-0.2, -0.15) is 0 Å². The Morgan fingerprint density at radius 3 is 2.89 bits per heavy atom. The van der Waals surface area contributed by atoms with Crippen molar-refractivity contribution in [2.24, 2.45) is 0 Å². The second-order valence-corrected chi connectivity index (χ2v) is 7.51. The summed E-state index contributed by atoms with van der Waals surface area (Å²) in [5.41, 5.74) is 2.01. The van der Waals surface area contributed by atoms with Gasteiger partial charge in [0.05, 0.1) is 18.3 Å². The van der Waals surface area contributed by atoms with Crippen LogP contribution in [0.25, 0.3) is 16.3 Å². The van der Waals surface area contributed by atoms with Crippen molar-refractivity contribution in [1.82, 2.24) is 14.5 Å². The Hall–Kier alpha value is -2.99. The van der Waals surface area contributed by atoms with E-state index in [2.05, 4.69) is 11.6 Å². The molecule has 0 saturated heterocycles. The third kappa shape index (κ3) is 3.36. The van der Waals surface area contributed by atoms with Crippen molar-refractivity contribution in [2.75, 3.05) is 6.54 Å². The summed E-state index contributed by atoms with van der Waals surface area (Å²) in [6.07, 6.45) is 7.38. The average molecular weight is 377 g/mol. The first-order valence-electron chi connectivity index (χ1n) is 8.80. The topological polar surface area (TPSA) is 55.2 Å². The third-order valence-corrected chi connectivity index (χ3v) is 5.81. The second-order valence-electron chi connectivity index (χ2n) is 6.43. The molecule has 1 aromatic carbocycles. The number of nitrogens with zero attached hydrogens (tertiary/aromatic N) is 3. The van der Waals surface area contributed by atoms with E-state index >= 15 is 0 Å². The minimum absolute atomic E-state index is 0.0148. The number of thiophene rings is 1. The standard InChI is InChI=1S/C21H19N3O2S/c1-2-11-24-14-22-20-19(21(24)26)16-10-12-23(13-17(16)27-20)18(25)9-8-15-6-4-3-5-7-15/h2-9,14H,1,10-13H2/b9-8+. The van der Waals surface area contributed by atoms with Crippen LogP contribution < -0.4 is 5.56 Å². The molecule has 27 heavy (non-hydrogen) atoms. The van der Waals surface area contributed by atoms with Crippen LogP contribution in [0.1, 0.15) is 16.0 Å². The summed E-state index contributed by atoms with van der Waals surface area (Å²) in [6, 6.07) is 9.76. The first-order chi connectivity index (χ1) is 13.2. The lowest BCUT2D eigenvalue weighted by molar-refractivity contribution is -0.126. The summed E-state index contributed by atoms with van der Waals surface area (Å²) in [7, 11) is 0. The molecule has 0 saturated carbocycles. The van der Waals surface area contributed by atoms with Crippen molar-refractivity contribution in [1.29, 1.82) is 0 Å². The predicted octanol–water partition coefficient (Wildman–Crippen LogP) is 3.24. The smallest absolute Gasteiger partial charge is 0.262 e. The first-order valence-corrected chi connectivity index (χ1v) is 9.61. The highest BCUT2D eigenvalue weighted by atomic mass is 32.1. The van der Waals surface area contributed by atoms with E-state index in [4.69, 9.17) is 0 Å². The SMILES string of the molecule is C=CCn1cnc2sc3c(c2c1=O)CCN(C(=O)/C=C/c1ccccc1)C3. The molecule has 3 aromatic rings. The number of hydrogen-bond acceptors (Lipinski definition) is 4. The number of aromatic nitrogens is 2. The predicted molar refractivity (Wildman–Crippen MR) is 109 cm³/mol. The van der Waals surface area contributed by atoms with Gasteiger partial charge in [0, 0.05) is 24.0 Å². The van der Waals surface area contributed by atoms with Crippen LogP contribution >= 0.6 is 11.3 Å². The molecule has 0 atom stereocenters. The van der Waals surface area contributed by atoms with Gasteiger partial charge >= 0.3 is 0 Å². The van der Waals surface area contributed by atoms with Crippen LogP contribution in [0.5, 0.6) is 0 Å². The molecule has 4 rings (SSSR count). The largest absolute Gasteiger partial charge is 0.334 e. The number of amides is 1. The molecule has 6 heteroatoms. The number of rotatable bonds is 4. The van der Waals surface area contributed by atoms with Crippen molar-refractivity contribution in [3.8, 4) is 0 Å². The molecule has 2 aromatic heterocycles. The van der Waals surface area contributed by atoms with Crippen molar-refractivity contribution >= 4 is 33.5 Å². The molecule has 0 radical (unpaired) electrons. The van der Waals surface area contributed by atoms with Gasteiger partial charge in [0.25, 0.3) is 5.56 Å². The zero-order valence-corrected chi connectivity index (χ0v) is 15.6. The van der Waals surface area contributed by atoms with Crippen LogP contribution in [-0.4, -0.2) is 26.9 Å². The van der Waals surface area contributed by atoms with E-state index in [0.717, 1.165) is 20.8 Å². The van der Waals surface area contributed by atoms with Crippen LogP contribution in [0.4, 0.5) is 0 Å². The minimum Gasteiger partial charge on any atom is -0.334 e. The maximum Gasteiger partial charge on any atom is 0.262 e.